The van der Waals surface area contributed by atoms with E-state index in [9.17, 15) is 4.39 Å². The second kappa shape index (κ2) is 4.06. The van der Waals surface area contributed by atoms with Crippen molar-refractivity contribution in [1.82, 2.24) is 19.6 Å². The summed E-state index contributed by atoms with van der Waals surface area (Å²) < 4.78 is 16.6. The number of aromatic nitrogens is 4. The van der Waals surface area contributed by atoms with Gasteiger partial charge in [-0.25, -0.2) is 18.9 Å². The number of nitrogens with zero attached hydrogens (tertiary/aromatic N) is 4. The molecule has 0 bridgehead atoms. The van der Waals surface area contributed by atoms with Crippen LogP contribution in [-0.4, -0.2) is 19.6 Å². The highest BCUT2D eigenvalue weighted by Crippen LogP contribution is 2.31. The summed E-state index contributed by atoms with van der Waals surface area (Å²) in [4.78, 5) is 9.67. The number of thiazole rings is 1. The topological polar surface area (TPSA) is 43.1 Å². The van der Waals surface area contributed by atoms with E-state index < -0.39 is 0 Å². The van der Waals surface area contributed by atoms with Crippen LogP contribution in [0.4, 0.5) is 4.39 Å². The Kier molecular flexibility index (Phi) is 2.44. The van der Waals surface area contributed by atoms with Crippen LogP contribution in [0.15, 0.2) is 28.3 Å². The monoisotopic (exact) mass is 354 g/mol. The van der Waals surface area contributed by atoms with Gasteiger partial charge in [0.15, 0.2) is 3.92 Å². The summed E-state index contributed by atoms with van der Waals surface area (Å²) in [6, 6.07) is 4.61. The Labute approximate surface area is 122 Å². The molecule has 4 aromatic rings. The van der Waals surface area contributed by atoms with E-state index in [1.165, 1.54) is 34.8 Å². The highest BCUT2D eigenvalue weighted by atomic mass is 79.9. The number of benzene rings is 1. The Hall–Kier alpha value is -1.38. The third-order valence-electron chi connectivity index (χ3n) is 2.59. The molecule has 0 fully saturated rings. The highest BCUT2D eigenvalue weighted by molar-refractivity contribution is 9.11. The summed E-state index contributed by atoms with van der Waals surface area (Å²) in [5.74, 6) is -0.277. The maximum absolute atomic E-state index is 13.1. The fourth-order valence-electron chi connectivity index (χ4n) is 1.79. The molecule has 0 aliphatic heterocycles. The maximum atomic E-state index is 13.1. The van der Waals surface area contributed by atoms with Crippen LogP contribution in [0, 0.1) is 5.82 Å². The largest absolute Gasteiger partial charge is 0.234 e. The van der Waals surface area contributed by atoms with Gasteiger partial charge in [0.2, 0.25) is 4.96 Å². The first-order chi connectivity index (χ1) is 9.19. The predicted octanol–water partition coefficient (Wildman–Crippen LogP) is 3.97. The van der Waals surface area contributed by atoms with Crippen LogP contribution in [0.5, 0.6) is 0 Å². The predicted molar refractivity (Wildman–Crippen MR) is 77.1 cm³/mol. The molecule has 19 heavy (non-hydrogen) atoms. The molecule has 0 saturated heterocycles. The standard InChI is InChI=1S/C11H4BrFN4S2/c12-10-16-17-4-7(15-11(17)19-10)9-14-6-3-5(13)1-2-8(6)18-9/h1-4H. The van der Waals surface area contributed by atoms with Crippen molar-refractivity contribution in [3.8, 4) is 10.7 Å². The third-order valence-corrected chi connectivity index (χ3v) is 5.00. The summed E-state index contributed by atoms with van der Waals surface area (Å²) in [6.45, 7) is 0. The van der Waals surface area contributed by atoms with E-state index in [-0.39, 0.29) is 5.82 Å². The van der Waals surface area contributed by atoms with Crippen LogP contribution in [0.1, 0.15) is 0 Å². The Morgan fingerprint density at radius 2 is 2.11 bits per heavy atom. The van der Waals surface area contributed by atoms with Crippen LogP contribution in [-0.2, 0) is 0 Å². The van der Waals surface area contributed by atoms with E-state index in [2.05, 4.69) is 31.0 Å². The lowest BCUT2D eigenvalue weighted by molar-refractivity contribution is 0.629. The van der Waals surface area contributed by atoms with Crippen LogP contribution >= 0.6 is 38.6 Å². The lowest BCUT2D eigenvalue weighted by atomic mass is 10.3. The van der Waals surface area contributed by atoms with Crippen molar-refractivity contribution in [1.29, 1.82) is 0 Å². The normalized spacial score (nSPS) is 11.7. The number of imidazole rings is 1. The number of hydrogen-bond acceptors (Lipinski definition) is 5. The van der Waals surface area contributed by atoms with E-state index in [0.29, 0.717) is 5.52 Å². The van der Waals surface area contributed by atoms with Crippen molar-refractivity contribution in [2.75, 3.05) is 0 Å². The van der Waals surface area contributed by atoms with E-state index in [4.69, 9.17) is 0 Å². The van der Waals surface area contributed by atoms with Gasteiger partial charge in [0.25, 0.3) is 0 Å². The SMILES string of the molecule is Fc1ccc2sc(-c3cn4nc(Br)sc4n3)nc2c1. The molecule has 0 aliphatic rings. The van der Waals surface area contributed by atoms with E-state index >= 15 is 0 Å². The first-order valence-electron chi connectivity index (χ1n) is 5.27. The molecule has 1 aromatic carbocycles. The lowest BCUT2D eigenvalue weighted by Crippen LogP contribution is -1.78. The molecule has 3 aromatic heterocycles. The molecule has 0 spiro atoms. The first-order valence-corrected chi connectivity index (χ1v) is 7.70. The quantitative estimate of drug-likeness (QED) is 0.519. The summed E-state index contributed by atoms with van der Waals surface area (Å²) in [6.07, 6.45) is 1.82. The lowest BCUT2D eigenvalue weighted by Gasteiger charge is -1.85. The Morgan fingerprint density at radius 1 is 1.21 bits per heavy atom. The Morgan fingerprint density at radius 3 is 2.95 bits per heavy atom. The summed E-state index contributed by atoms with van der Waals surface area (Å²) in [7, 11) is 0. The third kappa shape index (κ3) is 1.87. The van der Waals surface area contributed by atoms with Crippen molar-refractivity contribution in [2.24, 2.45) is 0 Å². The van der Waals surface area contributed by atoms with E-state index in [1.807, 2.05) is 6.20 Å². The molecule has 0 amide bonds. The van der Waals surface area contributed by atoms with Gasteiger partial charge < -0.3 is 0 Å². The summed E-state index contributed by atoms with van der Waals surface area (Å²) in [5.41, 5.74) is 1.42. The second-order valence-corrected chi connectivity index (χ2v) is 7.10. The summed E-state index contributed by atoms with van der Waals surface area (Å²) in [5, 5.41) is 5.01. The number of halogens is 2. The van der Waals surface area contributed by atoms with Gasteiger partial charge in [-0.15, -0.1) is 16.4 Å². The zero-order valence-corrected chi connectivity index (χ0v) is 12.4. The first kappa shape index (κ1) is 11.4. The minimum absolute atomic E-state index is 0.277. The molecular weight excluding hydrogens is 351 g/mol. The van der Waals surface area contributed by atoms with Gasteiger partial charge in [-0.1, -0.05) is 11.3 Å². The van der Waals surface area contributed by atoms with Gasteiger partial charge in [0.05, 0.1) is 16.4 Å². The number of fused-ring (bicyclic) bond motifs is 2. The van der Waals surface area contributed by atoms with Gasteiger partial charge in [0, 0.05) is 6.07 Å². The molecule has 0 unspecified atom stereocenters. The van der Waals surface area contributed by atoms with Crippen molar-refractivity contribution < 1.29 is 4.39 Å². The van der Waals surface area contributed by atoms with Crippen molar-refractivity contribution in [3.05, 3.63) is 34.1 Å². The second-order valence-electron chi connectivity index (χ2n) is 3.84. The molecule has 0 atom stereocenters. The molecule has 8 heteroatoms. The molecule has 4 nitrogen and oxygen atoms in total. The average Bonchev–Trinajstić information content (AvgIpc) is 2.99. The number of hydrogen-bond donors (Lipinski definition) is 0. The molecule has 4 rings (SSSR count). The van der Waals surface area contributed by atoms with Crippen LogP contribution in [0.25, 0.3) is 25.9 Å². The molecular formula is C11H4BrFN4S2. The fourth-order valence-corrected chi connectivity index (χ4v) is 3.91. The Bertz CT molecular complexity index is 878. The molecule has 0 saturated carbocycles. The fraction of sp³-hybridized carbons (Fsp3) is 0. The van der Waals surface area contributed by atoms with E-state index in [1.54, 1.807) is 10.6 Å². The average molecular weight is 355 g/mol. The maximum Gasteiger partial charge on any atom is 0.213 e. The van der Waals surface area contributed by atoms with E-state index in [0.717, 1.165) is 24.3 Å². The zero-order chi connectivity index (χ0) is 13.0. The molecule has 0 N–H and O–H groups in total. The van der Waals surface area contributed by atoms with Crippen molar-refractivity contribution >= 4 is 53.8 Å². The minimum atomic E-state index is -0.277. The summed E-state index contributed by atoms with van der Waals surface area (Å²) >= 11 is 6.26. The van der Waals surface area contributed by atoms with Crippen LogP contribution in [0.2, 0.25) is 0 Å². The number of rotatable bonds is 1. The van der Waals surface area contributed by atoms with Gasteiger partial charge >= 0.3 is 0 Å². The Balaban J connectivity index is 1.90. The van der Waals surface area contributed by atoms with Crippen molar-refractivity contribution in [2.45, 2.75) is 0 Å². The molecule has 0 radical (unpaired) electrons. The highest BCUT2D eigenvalue weighted by Gasteiger charge is 2.12. The van der Waals surface area contributed by atoms with Gasteiger partial charge in [-0.2, -0.15) is 0 Å². The molecule has 0 aliphatic carbocycles. The van der Waals surface area contributed by atoms with Gasteiger partial charge in [-0.3, -0.25) is 0 Å². The van der Waals surface area contributed by atoms with Crippen LogP contribution in [0.3, 0.4) is 0 Å². The zero-order valence-electron chi connectivity index (χ0n) is 9.17. The smallest absolute Gasteiger partial charge is 0.213 e. The van der Waals surface area contributed by atoms with Gasteiger partial charge in [-0.05, 0) is 28.1 Å². The molecule has 94 valence electrons. The van der Waals surface area contributed by atoms with Crippen LogP contribution < -0.4 is 0 Å². The molecule has 3 heterocycles. The van der Waals surface area contributed by atoms with Crippen molar-refractivity contribution in [3.63, 3.8) is 0 Å². The minimum Gasteiger partial charge on any atom is -0.234 e. The van der Waals surface area contributed by atoms with Gasteiger partial charge in [0.1, 0.15) is 16.5 Å².